The Morgan fingerprint density at radius 2 is 1.33 bits per heavy atom. The number of carbonyl (C=O) groups is 2. The smallest absolute Gasteiger partial charge is 0.336 e. The number of ketones is 1. The summed E-state index contributed by atoms with van der Waals surface area (Å²) in [7, 11) is 0. The highest BCUT2D eigenvalue weighted by atomic mass is 19.4. The number of hydrogen-bond acceptors (Lipinski definition) is 4. The Morgan fingerprint density at radius 3 is 1.90 bits per heavy atom. The van der Waals surface area contributed by atoms with Gasteiger partial charge >= 0.3 is 6.18 Å². The summed E-state index contributed by atoms with van der Waals surface area (Å²) in [5.74, 6) is -0.601. The highest BCUT2D eigenvalue weighted by molar-refractivity contribution is 6.00. The normalized spacial score (nSPS) is 11.4. The Hall–Kier alpha value is -4.76. The van der Waals surface area contributed by atoms with E-state index >= 15 is 0 Å². The lowest BCUT2D eigenvalue weighted by Crippen LogP contribution is -2.43. The van der Waals surface area contributed by atoms with Gasteiger partial charge in [-0.05, 0) is 91.5 Å². The predicted octanol–water partition coefficient (Wildman–Crippen LogP) is 9.04. The van der Waals surface area contributed by atoms with Crippen LogP contribution in [0.3, 0.4) is 0 Å². The molecule has 0 aromatic heterocycles. The minimum absolute atomic E-state index is 0.0472. The summed E-state index contributed by atoms with van der Waals surface area (Å²) in [6.07, 6.45) is -3.35. The maximum absolute atomic E-state index is 14.2. The first-order chi connectivity index (χ1) is 23.4. The van der Waals surface area contributed by atoms with Crippen molar-refractivity contribution < 1.29 is 27.2 Å². The van der Waals surface area contributed by atoms with Crippen LogP contribution in [0.25, 0.3) is 11.1 Å². The molecule has 0 unspecified atom stereocenters. The van der Waals surface area contributed by atoms with Crippen LogP contribution in [0.5, 0.6) is 0 Å². The van der Waals surface area contributed by atoms with Gasteiger partial charge in [-0.3, -0.25) is 9.59 Å². The second-order valence-corrected chi connectivity index (χ2v) is 12.0. The second-order valence-electron chi connectivity index (χ2n) is 12.0. The predicted molar refractivity (Wildman–Crippen MR) is 188 cm³/mol. The molecule has 4 rings (SSSR count). The molecule has 0 radical (unpaired) electrons. The maximum atomic E-state index is 14.2. The monoisotopic (exact) mass is 673 g/mol. The van der Waals surface area contributed by atoms with E-state index in [1.807, 2.05) is 36.4 Å². The van der Waals surface area contributed by atoms with Crippen molar-refractivity contribution in [1.82, 2.24) is 9.80 Å². The molecule has 1 amide bonds. The Bertz CT molecular complexity index is 1700. The van der Waals surface area contributed by atoms with E-state index in [0.29, 0.717) is 55.0 Å². The van der Waals surface area contributed by atoms with Crippen molar-refractivity contribution in [3.63, 3.8) is 0 Å². The van der Waals surface area contributed by atoms with E-state index in [-0.39, 0.29) is 24.1 Å². The van der Waals surface area contributed by atoms with Crippen molar-refractivity contribution in [2.24, 2.45) is 0 Å². The van der Waals surface area contributed by atoms with Crippen LogP contribution in [0, 0.1) is 5.82 Å². The van der Waals surface area contributed by atoms with Gasteiger partial charge in [0.15, 0.2) is 5.78 Å². The van der Waals surface area contributed by atoms with Crippen molar-refractivity contribution in [3.05, 3.63) is 137 Å². The number of benzene rings is 4. The van der Waals surface area contributed by atoms with Crippen molar-refractivity contribution in [2.75, 3.05) is 37.6 Å². The Balaban J connectivity index is 1.58. The molecule has 0 saturated carbocycles. The highest BCUT2D eigenvalue weighted by Crippen LogP contribution is 2.31. The zero-order valence-electron chi connectivity index (χ0n) is 28.3. The van der Waals surface area contributed by atoms with E-state index in [4.69, 9.17) is 0 Å². The van der Waals surface area contributed by atoms with Crippen LogP contribution < -0.4 is 4.90 Å². The van der Waals surface area contributed by atoms with E-state index in [0.717, 1.165) is 41.9 Å². The van der Waals surface area contributed by atoms with Crippen molar-refractivity contribution in [1.29, 1.82) is 0 Å². The molecular weight excluding hydrogens is 630 g/mol. The lowest BCUT2D eigenvalue weighted by Gasteiger charge is -2.32. The van der Waals surface area contributed by atoms with Gasteiger partial charge in [0.1, 0.15) is 12.4 Å². The van der Waals surface area contributed by atoms with Crippen LogP contribution in [-0.2, 0) is 23.9 Å². The molecule has 0 aliphatic carbocycles. The van der Waals surface area contributed by atoms with Crippen molar-refractivity contribution in [3.8, 4) is 11.1 Å². The maximum Gasteiger partial charge on any atom is 0.416 e. The van der Waals surface area contributed by atoms with Crippen LogP contribution in [-0.4, -0.2) is 54.2 Å². The average Bonchev–Trinajstić information content (AvgIpc) is 3.10. The van der Waals surface area contributed by atoms with Gasteiger partial charge in [-0.1, -0.05) is 81.1 Å². The first-order valence-electron chi connectivity index (χ1n) is 16.5. The van der Waals surface area contributed by atoms with Crippen molar-refractivity contribution in [2.45, 2.75) is 46.3 Å². The molecule has 0 aliphatic rings. The van der Waals surface area contributed by atoms with Gasteiger partial charge in [0, 0.05) is 30.9 Å². The number of allylic oxidation sites excluding steroid dienone is 1. The van der Waals surface area contributed by atoms with Crippen LogP contribution in [0.4, 0.5) is 23.2 Å². The molecule has 0 aliphatic heterocycles. The Morgan fingerprint density at radius 1 is 0.755 bits per heavy atom. The standard InChI is InChI=1S/C40H43F4N3O2/c1-5-45(6-2)25-26-46(27-32-13-17-33(18-14-32)34-19-21-35(22-20-34)40(42,43)44)39(49)28-47(38-10-8-7-9-37(38)30(4)48)29(3)11-12-31-15-23-36(41)24-16-31/h7-10,13-24H,3,5-6,11-12,25-28H2,1-2,4H3. The zero-order valence-corrected chi connectivity index (χ0v) is 28.3. The van der Waals surface area contributed by atoms with Gasteiger partial charge in [-0.25, -0.2) is 4.39 Å². The van der Waals surface area contributed by atoms with Gasteiger partial charge < -0.3 is 14.7 Å². The van der Waals surface area contributed by atoms with Gasteiger partial charge in [-0.15, -0.1) is 0 Å². The third kappa shape index (κ3) is 10.4. The van der Waals surface area contributed by atoms with E-state index in [1.165, 1.54) is 31.2 Å². The van der Waals surface area contributed by atoms with Crippen LogP contribution in [0.2, 0.25) is 0 Å². The summed E-state index contributed by atoms with van der Waals surface area (Å²) in [6, 6.07) is 25.9. The van der Waals surface area contributed by atoms with Crippen LogP contribution in [0.1, 0.15) is 54.2 Å². The number of hydrogen-bond donors (Lipinski definition) is 0. The molecule has 9 heteroatoms. The van der Waals surface area contributed by atoms with Crippen molar-refractivity contribution >= 4 is 17.4 Å². The number of anilines is 1. The summed E-state index contributed by atoms with van der Waals surface area (Å²) in [5.41, 5.74) is 4.24. The molecule has 4 aromatic carbocycles. The topological polar surface area (TPSA) is 43.9 Å². The van der Waals surface area contributed by atoms with Crippen LogP contribution >= 0.6 is 0 Å². The lowest BCUT2D eigenvalue weighted by molar-refractivity contribution is -0.137. The number of rotatable bonds is 16. The number of carbonyl (C=O) groups excluding carboxylic acids is 2. The minimum atomic E-state index is -4.40. The number of alkyl halides is 3. The fraction of sp³-hybridized carbons (Fsp3) is 0.300. The van der Waals surface area contributed by atoms with Gasteiger partial charge in [0.25, 0.3) is 0 Å². The second kappa shape index (κ2) is 17.1. The summed E-state index contributed by atoms with van der Waals surface area (Å²) in [6.45, 7) is 13.0. The number of halogens is 4. The summed E-state index contributed by atoms with van der Waals surface area (Å²) in [5, 5.41) is 0. The molecule has 0 fully saturated rings. The third-order valence-corrected chi connectivity index (χ3v) is 8.67. The number of Topliss-reactive ketones (excluding diaryl/α,β-unsaturated/α-hetero) is 1. The zero-order chi connectivity index (χ0) is 35.6. The number of nitrogens with zero attached hydrogens (tertiary/aromatic N) is 3. The molecule has 0 atom stereocenters. The highest BCUT2D eigenvalue weighted by Gasteiger charge is 2.30. The molecule has 0 spiro atoms. The first-order valence-corrected chi connectivity index (χ1v) is 16.5. The fourth-order valence-corrected chi connectivity index (χ4v) is 5.65. The third-order valence-electron chi connectivity index (χ3n) is 8.67. The Labute approximate surface area is 286 Å². The largest absolute Gasteiger partial charge is 0.416 e. The molecule has 5 nitrogen and oxygen atoms in total. The van der Waals surface area contributed by atoms with Gasteiger partial charge in [-0.2, -0.15) is 13.2 Å². The number of para-hydroxylation sites is 1. The molecule has 0 heterocycles. The summed E-state index contributed by atoms with van der Waals surface area (Å²) < 4.78 is 52.6. The SMILES string of the molecule is C=C(CCc1ccc(F)cc1)N(CC(=O)N(CCN(CC)CC)Cc1ccc(-c2ccc(C(F)(F)F)cc2)cc1)c1ccccc1C(C)=O. The van der Waals surface area contributed by atoms with E-state index in [2.05, 4.69) is 25.3 Å². The molecule has 0 N–H and O–H groups in total. The van der Waals surface area contributed by atoms with Gasteiger partial charge in [0.05, 0.1) is 11.3 Å². The number of aryl methyl sites for hydroxylation is 1. The fourth-order valence-electron chi connectivity index (χ4n) is 5.65. The molecule has 258 valence electrons. The molecule has 0 saturated heterocycles. The number of likely N-dealkylation sites (N-methyl/N-ethyl adjacent to an activating group) is 1. The van der Waals surface area contributed by atoms with Gasteiger partial charge in [0.2, 0.25) is 5.91 Å². The minimum Gasteiger partial charge on any atom is -0.336 e. The average molecular weight is 674 g/mol. The Kier molecular flexibility index (Phi) is 12.9. The number of amides is 1. The van der Waals surface area contributed by atoms with E-state index in [1.54, 1.807) is 34.1 Å². The molecule has 4 aromatic rings. The first kappa shape index (κ1) is 37.1. The summed E-state index contributed by atoms with van der Waals surface area (Å²) >= 11 is 0. The molecule has 0 bridgehead atoms. The molecule has 49 heavy (non-hydrogen) atoms. The quantitative estimate of drug-likeness (QED) is 0.0880. The van der Waals surface area contributed by atoms with E-state index < -0.39 is 11.7 Å². The lowest BCUT2D eigenvalue weighted by atomic mass is 10.0. The van der Waals surface area contributed by atoms with Crippen LogP contribution in [0.15, 0.2) is 109 Å². The molecular formula is C40H43F4N3O2. The van der Waals surface area contributed by atoms with E-state index in [9.17, 15) is 27.2 Å². The summed E-state index contributed by atoms with van der Waals surface area (Å²) in [4.78, 5) is 32.7.